The molecule has 2 rings (SSSR count). The van der Waals surface area contributed by atoms with E-state index >= 15 is 0 Å². The maximum absolute atomic E-state index is 12.9. The summed E-state index contributed by atoms with van der Waals surface area (Å²) in [5.74, 6) is 0.519. The Morgan fingerprint density at radius 1 is 1.20 bits per heavy atom. The van der Waals surface area contributed by atoms with Crippen LogP contribution in [0.15, 0.2) is 53.8 Å². The van der Waals surface area contributed by atoms with Gasteiger partial charge in [-0.15, -0.1) is 6.58 Å². The summed E-state index contributed by atoms with van der Waals surface area (Å²) >= 11 is 0. The zero-order chi connectivity index (χ0) is 18.2. The molecule has 0 aliphatic rings. The van der Waals surface area contributed by atoms with Gasteiger partial charge in [-0.2, -0.15) is 0 Å². The van der Waals surface area contributed by atoms with Gasteiger partial charge in [0.1, 0.15) is 12.3 Å². The highest BCUT2D eigenvalue weighted by atomic mass is 16.3. The number of nitrogens with zero attached hydrogens (tertiary/aromatic N) is 3. The molecule has 2 aromatic rings. The molecule has 0 aromatic carbocycles. The fourth-order valence-corrected chi connectivity index (χ4v) is 2.58. The number of hydrogen-bond acceptors (Lipinski definition) is 3. The minimum atomic E-state index is -0.124. The van der Waals surface area contributed by atoms with Gasteiger partial charge < -0.3 is 18.8 Å². The molecule has 6 heteroatoms. The first-order chi connectivity index (χ1) is 12.0. The van der Waals surface area contributed by atoms with Crippen LogP contribution in [0, 0.1) is 0 Å². The van der Waals surface area contributed by atoms with Crippen molar-refractivity contribution in [2.45, 2.75) is 26.4 Å². The molecular formula is C19H25N3O3. The standard InChI is InChI=1S/C19H25N3O3/c1-4-10-21(18(23)5-2)15-19(24)22(14-17-9-7-12-25-17)13-16-8-6-11-20(16)3/h4,6-9,11-12H,1,5,10,13-15H2,2-3H3. The first kappa shape index (κ1) is 18.6. The van der Waals surface area contributed by atoms with E-state index in [1.165, 1.54) is 4.90 Å². The van der Waals surface area contributed by atoms with Gasteiger partial charge in [0.15, 0.2) is 0 Å². The molecule has 0 aliphatic heterocycles. The number of aromatic nitrogens is 1. The molecule has 0 fully saturated rings. The Balaban J connectivity index is 2.14. The second-order valence-corrected chi connectivity index (χ2v) is 5.86. The van der Waals surface area contributed by atoms with E-state index in [4.69, 9.17) is 4.42 Å². The van der Waals surface area contributed by atoms with Gasteiger partial charge in [-0.05, 0) is 24.3 Å². The maximum Gasteiger partial charge on any atom is 0.242 e. The summed E-state index contributed by atoms with van der Waals surface area (Å²) in [4.78, 5) is 28.1. The van der Waals surface area contributed by atoms with Gasteiger partial charge in [0.05, 0.1) is 19.4 Å². The molecule has 0 aliphatic carbocycles. The van der Waals surface area contributed by atoms with Crippen molar-refractivity contribution in [2.24, 2.45) is 7.05 Å². The quantitative estimate of drug-likeness (QED) is 0.658. The van der Waals surface area contributed by atoms with Crippen LogP contribution >= 0.6 is 0 Å². The summed E-state index contributed by atoms with van der Waals surface area (Å²) in [7, 11) is 1.94. The highest BCUT2D eigenvalue weighted by Crippen LogP contribution is 2.12. The lowest BCUT2D eigenvalue weighted by atomic mass is 10.3. The lowest BCUT2D eigenvalue weighted by Crippen LogP contribution is -2.42. The Hall–Kier alpha value is -2.76. The van der Waals surface area contributed by atoms with Crippen LogP contribution in [0.2, 0.25) is 0 Å². The zero-order valence-electron chi connectivity index (χ0n) is 14.9. The van der Waals surface area contributed by atoms with Crippen molar-refractivity contribution in [1.82, 2.24) is 14.4 Å². The Morgan fingerprint density at radius 2 is 2.00 bits per heavy atom. The maximum atomic E-state index is 12.9. The lowest BCUT2D eigenvalue weighted by molar-refractivity contribution is -0.140. The molecule has 0 radical (unpaired) electrons. The molecule has 6 nitrogen and oxygen atoms in total. The van der Waals surface area contributed by atoms with Crippen LogP contribution in [0.4, 0.5) is 0 Å². The predicted octanol–water partition coefficient (Wildman–Crippen LogP) is 2.57. The van der Waals surface area contributed by atoms with Crippen LogP contribution < -0.4 is 0 Å². The zero-order valence-corrected chi connectivity index (χ0v) is 14.9. The summed E-state index contributed by atoms with van der Waals surface area (Å²) < 4.78 is 7.36. The Bertz CT molecular complexity index is 703. The summed E-state index contributed by atoms with van der Waals surface area (Å²) in [6, 6.07) is 7.55. The van der Waals surface area contributed by atoms with E-state index in [9.17, 15) is 9.59 Å². The van der Waals surface area contributed by atoms with Crippen LogP contribution in [0.3, 0.4) is 0 Å². The van der Waals surface area contributed by atoms with Gasteiger partial charge in [-0.3, -0.25) is 9.59 Å². The van der Waals surface area contributed by atoms with Crippen LogP contribution in [0.1, 0.15) is 24.8 Å². The summed E-state index contributed by atoms with van der Waals surface area (Å²) in [6.07, 6.45) is 5.52. The summed E-state index contributed by atoms with van der Waals surface area (Å²) in [6.45, 7) is 6.65. The Kier molecular flexibility index (Phi) is 6.62. The highest BCUT2D eigenvalue weighted by molar-refractivity contribution is 5.84. The minimum absolute atomic E-state index is 0.0316. The number of hydrogen-bond donors (Lipinski definition) is 0. The molecule has 0 saturated heterocycles. The number of amides is 2. The van der Waals surface area contributed by atoms with Crippen molar-refractivity contribution >= 4 is 11.8 Å². The Morgan fingerprint density at radius 3 is 2.56 bits per heavy atom. The summed E-state index contributed by atoms with van der Waals surface area (Å²) in [5, 5.41) is 0. The topological polar surface area (TPSA) is 58.7 Å². The average Bonchev–Trinajstić information content (AvgIpc) is 3.25. The van der Waals surface area contributed by atoms with Crippen LogP contribution in [-0.4, -0.2) is 39.3 Å². The monoisotopic (exact) mass is 343 g/mol. The van der Waals surface area contributed by atoms with E-state index in [0.717, 1.165) is 5.69 Å². The second-order valence-electron chi connectivity index (χ2n) is 5.86. The van der Waals surface area contributed by atoms with Gasteiger partial charge in [0.25, 0.3) is 0 Å². The molecule has 2 aromatic heterocycles. The van der Waals surface area contributed by atoms with E-state index in [1.54, 1.807) is 30.2 Å². The van der Waals surface area contributed by atoms with Gasteiger partial charge in [0, 0.05) is 31.9 Å². The van der Waals surface area contributed by atoms with Gasteiger partial charge >= 0.3 is 0 Å². The van der Waals surface area contributed by atoms with Crippen molar-refractivity contribution < 1.29 is 14.0 Å². The normalized spacial score (nSPS) is 10.5. The SMILES string of the molecule is C=CCN(CC(=O)N(Cc1ccco1)Cc1cccn1C)C(=O)CC. The predicted molar refractivity (Wildman–Crippen MR) is 95.4 cm³/mol. The number of furan rings is 1. The molecule has 0 N–H and O–H groups in total. The number of rotatable bonds is 9. The smallest absolute Gasteiger partial charge is 0.242 e. The minimum Gasteiger partial charge on any atom is -0.467 e. The molecule has 25 heavy (non-hydrogen) atoms. The van der Waals surface area contributed by atoms with Crippen LogP contribution in [-0.2, 0) is 29.7 Å². The van der Waals surface area contributed by atoms with Gasteiger partial charge in [-0.25, -0.2) is 0 Å². The third-order valence-electron chi connectivity index (χ3n) is 4.01. The van der Waals surface area contributed by atoms with Crippen molar-refractivity contribution in [2.75, 3.05) is 13.1 Å². The first-order valence-corrected chi connectivity index (χ1v) is 8.34. The van der Waals surface area contributed by atoms with E-state index in [1.807, 2.05) is 36.0 Å². The third kappa shape index (κ3) is 5.11. The third-order valence-corrected chi connectivity index (χ3v) is 4.01. The molecule has 134 valence electrons. The fourth-order valence-electron chi connectivity index (χ4n) is 2.58. The van der Waals surface area contributed by atoms with Crippen molar-refractivity contribution in [3.05, 3.63) is 60.8 Å². The van der Waals surface area contributed by atoms with E-state index in [-0.39, 0.29) is 18.4 Å². The van der Waals surface area contributed by atoms with E-state index in [2.05, 4.69) is 6.58 Å². The average molecular weight is 343 g/mol. The van der Waals surface area contributed by atoms with Crippen LogP contribution in [0.5, 0.6) is 0 Å². The Labute approximate surface area is 148 Å². The van der Waals surface area contributed by atoms with E-state index in [0.29, 0.717) is 31.8 Å². The molecule has 0 bridgehead atoms. The summed E-state index contributed by atoms with van der Waals surface area (Å²) in [5.41, 5.74) is 1.01. The molecule has 2 heterocycles. The number of carbonyl (C=O) groups excluding carboxylic acids is 2. The van der Waals surface area contributed by atoms with Crippen molar-refractivity contribution in [3.63, 3.8) is 0 Å². The molecular weight excluding hydrogens is 318 g/mol. The first-order valence-electron chi connectivity index (χ1n) is 8.34. The lowest BCUT2D eigenvalue weighted by Gasteiger charge is -2.26. The van der Waals surface area contributed by atoms with Gasteiger partial charge in [-0.1, -0.05) is 13.0 Å². The fraction of sp³-hybridized carbons (Fsp3) is 0.368. The molecule has 2 amide bonds. The second kappa shape index (κ2) is 8.92. The van der Waals surface area contributed by atoms with Crippen molar-refractivity contribution in [1.29, 1.82) is 0 Å². The molecule has 0 unspecified atom stereocenters. The van der Waals surface area contributed by atoms with Crippen LogP contribution in [0.25, 0.3) is 0 Å². The molecule has 0 atom stereocenters. The largest absolute Gasteiger partial charge is 0.467 e. The van der Waals surface area contributed by atoms with E-state index < -0.39 is 0 Å². The van der Waals surface area contributed by atoms with Crippen molar-refractivity contribution in [3.8, 4) is 0 Å². The number of carbonyl (C=O) groups is 2. The highest BCUT2D eigenvalue weighted by Gasteiger charge is 2.21. The number of aryl methyl sites for hydroxylation is 1. The molecule has 0 saturated carbocycles. The molecule has 0 spiro atoms. The van der Waals surface area contributed by atoms with Gasteiger partial charge in [0.2, 0.25) is 11.8 Å².